The SMILES string of the molecule is Cc1ccc(C(c2ccc(O)cc2)c2ccc(C(C)(C)c3ccc(O)cc3)cc2)cc1. The van der Waals surface area contributed by atoms with E-state index in [-0.39, 0.29) is 22.8 Å². The highest BCUT2D eigenvalue weighted by Gasteiger charge is 2.24. The van der Waals surface area contributed by atoms with E-state index in [1.165, 1.54) is 22.3 Å². The van der Waals surface area contributed by atoms with Gasteiger partial charge in [0.25, 0.3) is 0 Å². The molecule has 0 saturated heterocycles. The molecule has 4 aromatic carbocycles. The highest BCUT2D eigenvalue weighted by molar-refractivity contribution is 5.47. The van der Waals surface area contributed by atoms with Crippen molar-refractivity contribution in [3.63, 3.8) is 0 Å². The Morgan fingerprint density at radius 1 is 0.516 bits per heavy atom. The molecule has 2 heteroatoms. The Labute approximate surface area is 184 Å². The molecule has 0 amide bonds. The Balaban J connectivity index is 1.73. The number of phenolic OH excluding ortho intramolecular Hbond substituents is 2. The number of aryl methyl sites for hydroxylation is 1. The maximum absolute atomic E-state index is 9.75. The minimum Gasteiger partial charge on any atom is -0.508 e. The van der Waals surface area contributed by atoms with Gasteiger partial charge in [-0.1, -0.05) is 92.2 Å². The molecule has 0 aliphatic carbocycles. The number of aromatic hydroxyl groups is 2. The Morgan fingerprint density at radius 3 is 1.29 bits per heavy atom. The normalized spacial score (nSPS) is 12.5. The third-order valence-electron chi connectivity index (χ3n) is 6.19. The van der Waals surface area contributed by atoms with Crippen LogP contribution in [0, 0.1) is 6.92 Å². The Morgan fingerprint density at radius 2 is 0.839 bits per heavy atom. The zero-order valence-corrected chi connectivity index (χ0v) is 18.2. The van der Waals surface area contributed by atoms with Crippen molar-refractivity contribution in [3.05, 3.63) is 130 Å². The Hall–Kier alpha value is -3.52. The van der Waals surface area contributed by atoms with Crippen molar-refractivity contribution in [2.45, 2.75) is 32.1 Å². The van der Waals surface area contributed by atoms with Gasteiger partial charge in [0.2, 0.25) is 0 Å². The first-order valence-corrected chi connectivity index (χ1v) is 10.6. The lowest BCUT2D eigenvalue weighted by molar-refractivity contribution is 0.474. The summed E-state index contributed by atoms with van der Waals surface area (Å²) in [5, 5.41) is 19.4. The summed E-state index contributed by atoms with van der Waals surface area (Å²) in [6.45, 7) is 6.50. The largest absolute Gasteiger partial charge is 0.508 e. The van der Waals surface area contributed by atoms with Gasteiger partial charge in [0.05, 0.1) is 0 Å². The summed E-state index contributed by atoms with van der Waals surface area (Å²) in [4.78, 5) is 0. The molecule has 0 fully saturated rings. The van der Waals surface area contributed by atoms with Crippen molar-refractivity contribution in [3.8, 4) is 11.5 Å². The lowest BCUT2D eigenvalue weighted by Crippen LogP contribution is -2.18. The molecule has 0 heterocycles. The smallest absolute Gasteiger partial charge is 0.115 e. The summed E-state index contributed by atoms with van der Waals surface area (Å²) in [7, 11) is 0. The first kappa shape index (κ1) is 20.7. The predicted molar refractivity (Wildman–Crippen MR) is 127 cm³/mol. The summed E-state index contributed by atoms with van der Waals surface area (Å²) in [5.74, 6) is 0.647. The summed E-state index contributed by atoms with van der Waals surface area (Å²) in [6.07, 6.45) is 0. The Kier molecular flexibility index (Phi) is 5.56. The molecule has 0 bridgehead atoms. The van der Waals surface area contributed by atoms with Gasteiger partial charge < -0.3 is 10.2 Å². The molecule has 0 aromatic heterocycles. The molecule has 156 valence electrons. The topological polar surface area (TPSA) is 40.5 Å². The van der Waals surface area contributed by atoms with E-state index in [0.29, 0.717) is 0 Å². The van der Waals surface area contributed by atoms with Crippen LogP contribution < -0.4 is 0 Å². The van der Waals surface area contributed by atoms with Gasteiger partial charge in [-0.25, -0.2) is 0 Å². The summed E-state index contributed by atoms with van der Waals surface area (Å²) >= 11 is 0. The lowest BCUT2D eigenvalue weighted by atomic mass is 9.77. The average molecular weight is 409 g/mol. The molecule has 2 N–H and O–H groups in total. The van der Waals surface area contributed by atoms with Crippen LogP contribution in [0.1, 0.15) is 53.1 Å². The fraction of sp³-hybridized carbons (Fsp3) is 0.172. The third kappa shape index (κ3) is 4.34. The van der Waals surface area contributed by atoms with Gasteiger partial charge in [0.1, 0.15) is 11.5 Å². The van der Waals surface area contributed by atoms with Gasteiger partial charge in [-0.3, -0.25) is 0 Å². The molecule has 0 aliphatic heterocycles. The second kappa shape index (κ2) is 8.31. The van der Waals surface area contributed by atoms with Crippen LogP contribution in [0.5, 0.6) is 11.5 Å². The highest BCUT2D eigenvalue weighted by Crippen LogP contribution is 2.36. The minimum atomic E-state index is -0.176. The van der Waals surface area contributed by atoms with Gasteiger partial charge in [-0.15, -0.1) is 0 Å². The zero-order chi connectivity index (χ0) is 22.0. The van der Waals surface area contributed by atoms with E-state index in [2.05, 4.69) is 69.3 Å². The van der Waals surface area contributed by atoms with Crippen LogP contribution in [0.25, 0.3) is 0 Å². The van der Waals surface area contributed by atoms with Crippen LogP contribution in [-0.4, -0.2) is 10.2 Å². The van der Waals surface area contributed by atoms with E-state index in [1.807, 2.05) is 24.3 Å². The van der Waals surface area contributed by atoms with Gasteiger partial charge in [-0.05, 0) is 59.0 Å². The van der Waals surface area contributed by atoms with Crippen molar-refractivity contribution in [2.75, 3.05) is 0 Å². The van der Waals surface area contributed by atoms with Crippen LogP contribution in [0.3, 0.4) is 0 Å². The molecule has 1 atom stereocenters. The molecule has 31 heavy (non-hydrogen) atoms. The highest BCUT2D eigenvalue weighted by atomic mass is 16.3. The minimum absolute atomic E-state index is 0.0898. The first-order chi connectivity index (χ1) is 14.8. The molecule has 0 radical (unpaired) electrons. The molecule has 0 spiro atoms. The van der Waals surface area contributed by atoms with Crippen LogP contribution in [0.15, 0.2) is 97.1 Å². The van der Waals surface area contributed by atoms with E-state index in [9.17, 15) is 10.2 Å². The summed E-state index contributed by atoms with van der Waals surface area (Å²) in [5.41, 5.74) is 7.01. The lowest BCUT2D eigenvalue weighted by Gasteiger charge is -2.27. The molecule has 4 rings (SSSR count). The number of benzene rings is 4. The van der Waals surface area contributed by atoms with Gasteiger partial charge in [-0.2, -0.15) is 0 Å². The van der Waals surface area contributed by atoms with Gasteiger partial charge >= 0.3 is 0 Å². The molecule has 1 unspecified atom stereocenters. The maximum atomic E-state index is 9.75. The van der Waals surface area contributed by atoms with E-state index >= 15 is 0 Å². The van der Waals surface area contributed by atoms with Crippen molar-refractivity contribution in [1.29, 1.82) is 0 Å². The average Bonchev–Trinajstić information content (AvgIpc) is 2.77. The molecular weight excluding hydrogens is 380 g/mol. The number of rotatable bonds is 5. The molecular formula is C29H28O2. The van der Waals surface area contributed by atoms with E-state index < -0.39 is 0 Å². The van der Waals surface area contributed by atoms with Gasteiger partial charge in [0, 0.05) is 11.3 Å². The summed E-state index contributed by atoms with van der Waals surface area (Å²) in [6, 6.07) is 32.4. The molecule has 2 nitrogen and oxygen atoms in total. The van der Waals surface area contributed by atoms with Crippen molar-refractivity contribution < 1.29 is 10.2 Å². The quantitative estimate of drug-likeness (QED) is 0.352. The second-order valence-electron chi connectivity index (χ2n) is 8.73. The predicted octanol–water partition coefficient (Wildman–Crippen LogP) is 6.91. The van der Waals surface area contributed by atoms with Gasteiger partial charge in [0.15, 0.2) is 0 Å². The number of phenols is 2. The molecule has 4 aromatic rings. The van der Waals surface area contributed by atoms with Crippen LogP contribution >= 0.6 is 0 Å². The first-order valence-electron chi connectivity index (χ1n) is 10.6. The van der Waals surface area contributed by atoms with Crippen LogP contribution in [-0.2, 0) is 5.41 Å². The summed E-state index contributed by atoms with van der Waals surface area (Å²) < 4.78 is 0. The van der Waals surface area contributed by atoms with Crippen molar-refractivity contribution >= 4 is 0 Å². The van der Waals surface area contributed by atoms with Crippen LogP contribution in [0.2, 0.25) is 0 Å². The fourth-order valence-electron chi connectivity index (χ4n) is 4.14. The number of hydrogen-bond acceptors (Lipinski definition) is 2. The van der Waals surface area contributed by atoms with Crippen molar-refractivity contribution in [2.24, 2.45) is 0 Å². The molecule has 0 aliphatic rings. The van der Waals surface area contributed by atoms with E-state index in [4.69, 9.17) is 0 Å². The fourth-order valence-corrected chi connectivity index (χ4v) is 4.14. The third-order valence-corrected chi connectivity index (χ3v) is 6.19. The van der Waals surface area contributed by atoms with Crippen molar-refractivity contribution in [1.82, 2.24) is 0 Å². The molecule has 0 saturated carbocycles. The van der Waals surface area contributed by atoms with E-state index in [1.54, 1.807) is 24.3 Å². The Bertz CT molecular complexity index is 1090. The van der Waals surface area contributed by atoms with Crippen LogP contribution in [0.4, 0.5) is 0 Å². The van der Waals surface area contributed by atoms with E-state index in [0.717, 1.165) is 11.1 Å². The number of hydrogen-bond donors (Lipinski definition) is 2. The maximum Gasteiger partial charge on any atom is 0.115 e. The zero-order valence-electron chi connectivity index (χ0n) is 18.2. The second-order valence-corrected chi connectivity index (χ2v) is 8.73. The standard InChI is InChI=1S/C29H28O2/c1-20-4-6-21(7-5-20)28(23-10-16-26(30)17-11-23)22-8-12-24(13-9-22)29(2,3)25-14-18-27(31)19-15-25/h4-19,28,30-31H,1-3H3. The monoisotopic (exact) mass is 408 g/mol.